The van der Waals surface area contributed by atoms with Gasteiger partial charge in [-0.3, -0.25) is 9.59 Å². The molecule has 0 bridgehead atoms. The molecule has 0 aromatic heterocycles. The van der Waals surface area contributed by atoms with Crippen molar-refractivity contribution in [2.24, 2.45) is 40.4 Å². The van der Waals surface area contributed by atoms with Crippen LogP contribution in [0.25, 0.3) is 0 Å². The molecule has 3 fully saturated rings. The van der Waals surface area contributed by atoms with Gasteiger partial charge in [0.15, 0.2) is 0 Å². The molecule has 1 amide bonds. The Morgan fingerprint density at radius 2 is 1.68 bits per heavy atom. The van der Waals surface area contributed by atoms with Gasteiger partial charge >= 0.3 is 0 Å². The van der Waals surface area contributed by atoms with Crippen LogP contribution in [-0.4, -0.2) is 11.7 Å². The number of hydrogen-bond donors (Lipinski definition) is 1. The van der Waals surface area contributed by atoms with Crippen molar-refractivity contribution in [2.45, 2.75) is 93.9 Å². The van der Waals surface area contributed by atoms with E-state index >= 15 is 0 Å². The Balaban J connectivity index is 0.000000660. The topological polar surface area (TPSA) is 46.2 Å². The molecule has 7 atom stereocenters. The molecule has 160 valence electrons. The molecule has 4 rings (SSSR count). The van der Waals surface area contributed by atoms with Gasteiger partial charge in [-0.1, -0.05) is 54.5 Å². The van der Waals surface area contributed by atoms with Gasteiger partial charge in [0.05, 0.1) is 0 Å². The molecule has 28 heavy (non-hydrogen) atoms. The predicted molar refractivity (Wildman–Crippen MR) is 117 cm³/mol. The molecule has 0 spiro atoms. The van der Waals surface area contributed by atoms with Crippen molar-refractivity contribution >= 4 is 11.7 Å². The Bertz CT molecular complexity index is 624. The summed E-state index contributed by atoms with van der Waals surface area (Å²) in [6.07, 6.45) is 8.66. The molecule has 7 unspecified atom stereocenters. The molecule has 3 heteroatoms. The van der Waals surface area contributed by atoms with Crippen molar-refractivity contribution in [1.29, 1.82) is 0 Å². The van der Waals surface area contributed by atoms with Crippen LogP contribution in [0, 0.1) is 40.4 Å². The minimum Gasteiger partial charge on any atom is -0.330 e. The van der Waals surface area contributed by atoms with Gasteiger partial charge in [-0.15, -0.1) is 0 Å². The second-order valence-electron chi connectivity index (χ2n) is 9.48. The number of Topliss-reactive ketones (excluding diaryl/α,β-unsaturated/α-hetero) is 1. The zero-order valence-electron chi connectivity index (χ0n) is 19.5. The number of hydrogen-bond acceptors (Lipinski definition) is 2. The zero-order valence-corrected chi connectivity index (χ0v) is 19.5. The summed E-state index contributed by atoms with van der Waals surface area (Å²) in [5.41, 5.74) is 1.51. The van der Waals surface area contributed by atoms with Gasteiger partial charge in [0.25, 0.3) is 0 Å². The summed E-state index contributed by atoms with van der Waals surface area (Å²) in [4.78, 5) is 24.1. The van der Waals surface area contributed by atoms with E-state index in [1.165, 1.54) is 25.0 Å². The number of allylic oxidation sites excluding steroid dienone is 2. The van der Waals surface area contributed by atoms with Crippen LogP contribution in [0.15, 0.2) is 11.8 Å². The standard InChI is InChI=1S/C21H31NO2.2C2H6/c1-12-11-17-21(4,10-8-18(24)22-17)16-7-9-20(3)14(13(2)23)5-6-15(20)19(12)16;2*1-2/h11-12,14-16,19H,5-10H2,1-4H3,(H,22,24);2*1-2H3. The van der Waals surface area contributed by atoms with Gasteiger partial charge < -0.3 is 5.32 Å². The number of ketones is 1. The van der Waals surface area contributed by atoms with Crippen molar-refractivity contribution in [2.75, 3.05) is 0 Å². The maximum absolute atomic E-state index is 12.2. The smallest absolute Gasteiger partial charge is 0.224 e. The van der Waals surface area contributed by atoms with Crippen molar-refractivity contribution in [1.82, 2.24) is 5.32 Å². The van der Waals surface area contributed by atoms with Gasteiger partial charge in [-0.2, -0.15) is 0 Å². The number of amides is 1. The van der Waals surface area contributed by atoms with E-state index in [1.807, 2.05) is 27.7 Å². The molecule has 3 nitrogen and oxygen atoms in total. The molecule has 3 aliphatic carbocycles. The maximum atomic E-state index is 12.2. The molecule has 1 heterocycles. The summed E-state index contributed by atoms with van der Waals surface area (Å²) in [5.74, 6) is 3.31. The fraction of sp³-hybridized carbons (Fsp3) is 0.840. The van der Waals surface area contributed by atoms with Gasteiger partial charge in [0.1, 0.15) is 5.78 Å². The minimum atomic E-state index is 0.126. The Morgan fingerprint density at radius 1 is 1.04 bits per heavy atom. The van der Waals surface area contributed by atoms with E-state index in [0.29, 0.717) is 35.9 Å². The molecular weight excluding hydrogens is 346 g/mol. The molecule has 0 aromatic carbocycles. The molecule has 4 aliphatic rings. The fourth-order valence-electron chi connectivity index (χ4n) is 7.19. The third-order valence-corrected chi connectivity index (χ3v) is 8.44. The van der Waals surface area contributed by atoms with Crippen molar-refractivity contribution in [3.8, 4) is 0 Å². The molecule has 1 aliphatic heterocycles. The normalized spacial score (nSPS) is 43.5. The maximum Gasteiger partial charge on any atom is 0.224 e. The summed E-state index contributed by atoms with van der Waals surface area (Å²) < 4.78 is 0. The summed E-state index contributed by atoms with van der Waals surface area (Å²) in [6, 6.07) is 0. The first-order valence-corrected chi connectivity index (χ1v) is 11.8. The fourth-order valence-corrected chi connectivity index (χ4v) is 7.19. The van der Waals surface area contributed by atoms with Crippen LogP contribution < -0.4 is 5.32 Å². The number of rotatable bonds is 1. The number of carbonyl (C=O) groups is 2. The SMILES string of the molecule is CC.CC.CC(=O)C1CCC2C3C(C)C=C4NC(=O)CCC4(C)C3CCC12C. The van der Waals surface area contributed by atoms with E-state index < -0.39 is 0 Å². The highest BCUT2D eigenvalue weighted by molar-refractivity contribution is 5.80. The van der Waals surface area contributed by atoms with E-state index in [2.05, 4.69) is 32.2 Å². The molecule has 1 saturated heterocycles. The van der Waals surface area contributed by atoms with E-state index in [1.54, 1.807) is 6.92 Å². The summed E-state index contributed by atoms with van der Waals surface area (Å²) in [6.45, 7) is 16.9. The van der Waals surface area contributed by atoms with Gasteiger partial charge in [-0.25, -0.2) is 0 Å². The zero-order chi connectivity index (χ0) is 21.3. The van der Waals surface area contributed by atoms with Crippen LogP contribution in [-0.2, 0) is 9.59 Å². The predicted octanol–water partition coefficient (Wildman–Crippen LogP) is 6.14. The molecule has 0 radical (unpaired) electrons. The molecular formula is C25H43NO2. The molecule has 2 saturated carbocycles. The van der Waals surface area contributed by atoms with Crippen molar-refractivity contribution in [3.63, 3.8) is 0 Å². The van der Waals surface area contributed by atoms with Crippen molar-refractivity contribution in [3.05, 3.63) is 11.8 Å². The molecule has 1 N–H and O–H groups in total. The summed E-state index contributed by atoms with van der Waals surface area (Å²) >= 11 is 0. The first-order valence-electron chi connectivity index (χ1n) is 11.8. The highest BCUT2D eigenvalue weighted by atomic mass is 16.1. The van der Waals surface area contributed by atoms with E-state index in [-0.39, 0.29) is 22.7 Å². The van der Waals surface area contributed by atoms with E-state index in [9.17, 15) is 9.59 Å². The highest BCUT2D eigenvalue weighted by Gasteiger charge is 2.60. The van der Waals surface area contributed by atoms with E-state index in [0.717, 1.165) is 12.8 Å². The Kier molecular flexibility index (Phi) is 7.21. The second-order valence-corrected chi connectivity index (χ2v) is 9.48. The Hall–Kier alpha value is -1.12. The van der Waals surface area contributed by atoms with Crippen LogP contribution in [0.4, 0.5) is 0 Å². The van der Waals surface area contributed by atoms with Crippen LogP contribution in [0.1, 0.15) is 93.9 Å². The summed E-state index contributed by atoms with van der Waals surface area (Å²) in [7, 11) is 0. The average Bonchev–Trinajstić information content (AvgIpc) is 3.04. The summed E-state index contributed by atoms with van der Waals surface area (Å²) in [5, 5.41) is 3.19. The number of fused-ring (bicyclic) bond motifs is 5. The highest BCUT2D eigenvalue weighted by Crippen LogP contribution is 2.66. The molecule has 0 aromatic rings. The number of nitrogens with one attached hydrogen (secondary N) is 1. The first-order chi connectivity index (χ1) is 13.3. The number of piperidine rings is 1. The lowest BCUT2D eigenvalue weighted by atomic mass is 9.47. The lowest BCUT2D eigenvalue weighted by Crippen LogP contribution is -2.55. The first kappa shape index (κ1) is 23.2. The Labute approximate surface area is 173 Å². The second kappa shape index (κ2) is 8.71. The lowest BCUT2D eigenvalue weighted by Gasteiger charge is -2.58. The largest absolute Gasteiger partial charge is 0.330 e. The Morgan fingerprint density at radius 3 is 2.29 bits per heavy atom. The monoisotopic (exact) mass is 389 g/mol. The van der Waals surface area contributed by atoms with E-state index in [4.69, 9.17) is 0 Å². The average molecular weight is 390 g/mol. The van der Waals surface area contributed by atoms with Crippen LogP contribution in [0.3, 0.4) is 0 Å². The lowest BCUT2D eigenvalue weighted by molar-refractivity contribution is -0.131. The van der Waals surface area contributed by atoms with Crippen LogP contribution in [0.5, 0.6) is 0 Å². The van der Waals surface area contributed by atoms with Crippen molar-refractivity contribution < 1.29 is 9.59 Å². The minimum absolute atomic E-state index is 0.126. The third-order valence-electron chi connectivity index (χ3n) is 8.44. The van der Waals surface area contributed by atoms with Gasteiger partial charge in [0, 0.05) is 23.5 Å². The van der Waals surface area contributed by atoms with Gasteiger partial charge in [0.2, 0.25) is 5.91 Å². The van der Waals surface area contributed by atoms with Gasteiger partial charge in [-0.05, 0) is 68.1 Å². The quantitative estimate of drug-likeness (QED) is 0.586. The van der Waals surface area contributed by atoms with Crippen LogP contribution in [0.2, 0.25) is 0 Å². The number of carbonyl (C=O) groups excluding carboxylic acids is 2. The third kappa shape index (κ3) is 3.48. The van der Waals surface area contributed by atoms with Crippen LogP contribution >= 0.6 is 0 Å².